The Balaban J connectivity index is 1.64. The third kappa shape index (κ3) is 3.72. The van der Waals surface area contributed by atoms with Crippen LogP contribution in [-0.4, -0.2) is 53.3 Å². The number of amides is 2. The first-order chi connectivity index (χ1) is 11.0. The molecular formula is C18H25N3O2. The van der Waals surface area contributed by atoms with Crippen molar-refractivity contribution in [1.82, 2.24) is 15.1 Å². The Labute approximate surface area is 137 Å². The van der Waals surface area contributed by atoms with Crippen LogP contribution in [0.2, 0.25) is 0 Å². The summed E-state index contributed by atoms with van der Waals surface area (Å²) in [6, 6.07) is 8.35. The van der Waals surface area contributed by atoms with E-state index in [-0.39, 0.29) is 11.8 Å². The standard InChI is InChI=1S/C18H25N3O2/c1-13-10-21(11-14(2)19-13)18(23)16-7-5-15(6-8-16)12-20-9-3-4-17(20)22/h5-8,13-14,19H,3-4,9-12H2,1-2H3. The Morgan fingerprint density at radius 1 is 1.17 bits per heavy atom. The molecule has 0 aliphatic carbocycles. The van der Waals surface area contributed by atoms with E-state index in [0.717, 1.165) is 37.2 Å². The monoisotopic (exact) mass is 315 g/mol. The second-order valence-electron chi connectivity index (χ2n) is 6.79. The first-order valence-corrected chi connectivity index (χ1v) is 8.45. The van der Waals surface area contributed by atoms with Crippen LogP contribution in [-0.2, 0) is 11.3 Å². The van der Waals surface area contributed by atoms with Crippen LogP contribution in [0, 0.1) is 0 Å². The van der Waals surface area contributed by atoms with Crippen LogP contribution in [0.25, 0.3) is 0 Å². The minimum absolute atomic E-state index is 0.0917. The molecule has 2 fully saturated rings. The number of rotatable bonds is 3. The quantitative estimate of drug-likeness (QED) is 0.922. The van der Waals surface area contributed by atoms with Crippen molar-refractivity contribution in [2.24, 2.45) is 0 Å². The van der Waals surface area contributed by atoms with Crippen LogP contribution >= 0.6 is 0 Å². The zero-order chi connectivity index (χ0) is 16.4. The topological polar surface area (TPSA) is 52.7 Å². The highest BCUT2D eigenvalue weighted by Crippen LogP contribution is 2.16. The van der Waals surface area contributed by atoms with Crippen molar-refractivity contribution < 1.29 is 9.59 Å². The van der Waals surface area contributed by atoms with E-state index in [0.29, 0.717) is 25.0 Å². The van der Waals surface area contributed by atoms with E-state index in [1.165, 1.54) is 0 Å². The fraction of sp³-hybridized carbons (Fsp3) is 0.556. The number of carbonyl (C=O) groups excluding carboxylic acids is 2. The summed E-state index contributed by atoms with van der Waals surface area (Å²) in [5, 5.41) is 3.44. The zero-order valence-corrected chi connectivity index (χ0v) is 13.9. The van der Waals surface area contributed by atoms with Gasteiger partial charge in [-0.2, -0.15) is 0 Å². The predicted octanol–water partition coefficient (Wildman–Crippen LogP) is 1.63. The van der Waals surface area contributed by atoms with Gasteiger partial charge in [-0.1, -0.05) is 12.1 Å². The van der Waals surface area contributed by atoms with E-state index in [1.807, 2.05) is 34.1 Å². The Morgan fingerprint density at radius 2 is 1.83 bits per heavy atom. The Kier molecular flexibility index (Phi) is 4.66. The third-order valence-electron chi connectivity index (χ3n) is 4.59. The number of carbonyl (C=O) groups is 2. The number of benzene rings is 1. The van der Waals surface area contributed by atoms with Crippen LogP contribution in [0.3, 0.4) is 0 Å². The van der Waals surface area contributed by atoms with Crippen molar-refractivity contribution in [3.8, 4) is 0 Å². The molecule has 3 rings (SSSR count). The van der Waals surface area contributed by atoms with Gasteiger partial charge in [0.1, 0.15) is 0 Å². The summed E-state index contributed by atoms with van der Waals surface area (Å²) in [4.78, 5) is 28.1. The van der Waals surface area contributed by atoms with Crippen molar-refractivity contribution in [3.05, 3.63) is 35.4 Å². The molecule has 2 amide bonds. The minimum Gasteiger partial charge on any atom is -0.338 e. The van der Waals surface area contributed by atoms with Gasteiger partial charge in [0.05, 0.1) is 0 Å². The molecule has 5 nitrogen and oxygen atoms in total. The molecule has 2 unspecified atom stereocenters. The summed E-state index contributed by atoms with van der Waals surface area (Å²) in [5.41, 5.74) is 1.81. The average molecular weight is 315 g/mol. The number of nitrogens with zero attached hydrogens (tertiary/aromatic N) is 2. The molecule has 1 N–H and O–H groups in total. The first kappa shape index (κ1) is 16.0. The highest BCUT2D eigenvalue weighted by atomic mass is 16.2. The van der Waals surface area contributed by atoms with Crippen LogP contribution < -0.4 is 5.32 Å². The molecule has 0 spiro atoms. The van der Waals surface area contributed by atoms with Crippen molar-refractivity contribution in [2.45, 2.75) is 45.3 Å². The van der Waals surface area contributed by atoms with Crippen LogP contribution in [0.1, 0.15) is 42.6 Å². The first-order valence-electron chi connectivity index (χ1n) is 8.45. The largest absolute Gasteiger partial charge is 0.338 e. The van der Waals surface area contributed by atoms with Gasteiger partial charge in [0.2, 0.25) is 5.91 Å². The van der Waals surface area contributed by atoms with E-state index in [1.54, 1.807) is 0 Å². The van der Waals surface area contributed by atoms with Gasteiger partial charge in [-0.05, 0) is 38.0 Å². The predicted molar refractivity (Wildman–Crippen MR) is 89.1 cm³/mol. The molecule has 1 aromatic carbocycles. The van der Waals surface area contributed by atoms with E-state index in [4.69, 9.17) is 0 Å². The molecule has 2 aliphatic rings. The highest BCUT2D eigenvalue weighted by molar-refractivity contribution is 5.94. The lowest BCUT2D eigenvalue weighted by Crippen LogP contribution is -2.55. The van der Waals surface area contributed by atoms with Gasteiger partial charge in [0.25, 0.3) is 5.91 Å². The Morgan fingerprint density at radius 3 is 2.39 bits per heavy atom. The van der Waals surface area contributed by atoms with E-state index in [9.17, 15) is 9.59 Å². The summed E-state index contributed by atoms with van der Waals surface area (Å²) in [5.74, 6) is 0.322. The second kappa shape index (κ2) is 6.71. The molecule has 5 heteroatoms. The van der Waals surface area contributed by atoms with E-state index in [2.05, 4.69) is 19.2 Å². The zero-order valence-electron chi connectivity index (χ0n) is 13.9. The smallest absolute Gasteiger partial charge is 0.253 e. The lowest BCUT2D eigenvalue weighted by Gasteiger charge is -2.36. The van der Waals surface area contributed by atoms with Crippen LogP contribution in [0.15, 0.2) is 24.3 Å². The molecule has 0 bridgehead atoms. The van der Waals surface area contributed by atoms with Crippen molar-refractivity contribution in [1.29, 1.82) is 0 Å². The van der Waals surface area contributed by atoms with Gasteiger partial charge in [-0.15, -0.1) is 0 Å². The van der Waals surface area contributed by atoms with E-state index < -0.39 is 0 Å². The van der Waals surface area contributed by atoms with Crippen LogP contribution in [0.4, 0.5) is 0 Å². The Hall–Kier alpha value is -1.88. The average Bonchev–Trinajstić information content (AvgIpc) is 2.91. The number of likely N-dealkylation sites (tertiary alicyclic amines) is 1. The molecule has 0 radical (unpaired) electrons. The van der Waals surface area contributed by atoms with E-state index >= 15 is 0 Å². The Bertz CT molecular complexity index is 574. The van der Waals surface area contributed by atoms with Crippen molar-refractivity contribution in [2.75, 3.05) is 19.6 Å². The van der Waals surface area contributed by atoms with Crippen molar-refractivity contribution in [3.63, 3.8) is 0 Å². The second-order valence-corrected chi connectivity index (χ2v) is 6.79. The normalized spacial score (nSPS) is 25.0. The maximum absolute atomic E-state index is 12.6. The summed E-state index contributed by atoms with van der Waals surface area (Å²) < 4.78 is 0. The minimum atomic E-state index is 0.0917. The summed E-state index contributed by atoms with van der Waals surface area (Å²) in [6.45, 7) is 7.18. The highest BCUT2D eigenvalue weighted by Gasteiger charge is 2.25. The molecule has 23 heavy (non-hydrogen) atoms. The number of nitrogens with one attached hydrogen (secondary N) is 1. The SMILES string of the molecule is CC1CN(C(=O)c2ccc(CN3CCCC3=O)cc2)CC(C)N1. The molecule has 2 aliphatic heterocycles. The van der Waals surface area contributed by atoms with Gasteiger partial charge < -0.3 is 15.1 Å². The molecule has 2 saturated heterocycles. The summed E-state index contributed by atoms with van der Waals surface area (Å²) in [7, 11) is 0. The molecule has 1 aromatic rings. The fourth-order valence-corrected chi connectivity index (χ4v) is 3.52. The maximum Gasteiger partial charge on any atom is 0.253 e. The summed E-state index contributed by atoms with van der Waals surface area (Å²) >= 11 is 0. The van der Waals surface area contributed by atoms with Gasteiger partial charge >= 0.3 is 0 Å². The molecule has 2 atom stereocenters. The van der Waals surface area contributed by atoms with Crippen LogP contribution in [0.5, 0.6) is 0 Å². The molecule has 2 heterocycles. The molecule has 124 valence electrons. The number of hydrogen-bond acceptors (Lipinski definition) is 3. The molecular weight excluding hydrogens is 290 g/mol. The van der Waals surface area contributed by atoms with Gasteiger partial charge in [-0.3, -0.25) is 9.59 Å². The fourth-order valence-electron chi connectivity index (χ4n) is 3.52. The van der Waals surface area contributed by atoms with Crippen molar-refractivity contribution >= 4 is 11.8 Å². The lowest BCUT2D eigenvalue weighted by molar-refractivity contribution is -0.128. The number of hydrogen-bond donors (Lipinski definition) is 1. The number of piperazine rings is 1. The molecule has 0 aromatic heterocycles. The third-order valence-corrected chi connectivity index (χ3v) is 4.59. The molecule has 0 saturated carbocycles. The summed E-state index contributed by atoms with van der Waals surface area (Å²) in [6.07, 6.45) is 1.62. The van der Waals surface area contributed by atoms with Gasteiger partial charge in [-0.25, -0.2) is 0 Å². The van der Waals surface area contributed by atoms with Gasteiger partial charge in [0, 0.05) is 50.2 Å². The maximum atomic E-state index is 12.6. The van der Waals surface area contributed by atoms with Gasteiger partial charge in [0.15, 0.2) is 0 Å². The lowest BCUT2D eigenvalue weighted by atomic mass is 10.1.